The van der Waals surface area contributed by atoms with Crippen LogP contribution in [0.1, 0.15) is 39.7 Å². The normalized spacial score (nSPS) is 11.6. The number of carbonyl (C=O) groups is 1. The van der Waals surface area contributed by atoms with E-state index in [2.05, 4.69) is 15.4 Å². The number of carbonyl (C=O) groups excluding carboxylic acids is 1. The fourth-order valence-corrected chi connectivity index (χ4v) is 3.71. The molecule has 34 heavy (non-hydrogen) atoms. The number of alkyl halides is 3. The second kappa shape index (κ2) is 9.17. The lowest BCUT2D eigenvalue weighted by atomic mass is 10.1. The third-order valence-corrected chi connectivity index (χ3v) is 5.37. The molecular weight excluding hydrogens is 445 g/mol. The second-order valence-corrected chi connectivity index (χ2v) is 7.85. The number of aromatic nitrogens is 3. The molecule has 0 aliphatic heterocycles. The van der Waals surface area contributed by atoms with Gasteiger partial charge in [-0.1, -0.05) is 29.8 Å². The molecular formula is C25H23F3N4O2. The van der Waals surface area contributed by atoms with Crippen molar-refractivity contribution in [3.05, 3.63) is 82.7 Å². The van der Waals surface area contributed by atoms with Gasteiger partial charge in [-0.25, -0.2) is 14.5 Å². The Labute approximate surface area is 194 Å². The van der Waals surface area contributed by atoms with E-state index in [-0.39, 0.29) is 18.7 Å². The van der Waals surface area contributed by atoms with E-state index >= 15 is 0 Å². The topological polar surface area (TPSA) is 69.0 Å². The largest absolute Gasteiger partial charge is 0.462 e. The number of fused-ring (bicyclic) bond motifs is 1. The van der Waals surface area contributed by atoms with Crippen molar-refractivity contribution < 1.29 is 22.7 Å². The molecule has 0 saturated heterocycles. The molecule has 2 aromatic carbocycles. The predicted molar refractivity (Wildman–Crippen MR) is 123 cm³/mol. The summed E-state index contributed by atoms with van der Waals surface area (Å²) in [5, 5.41) is 8.35. The van der Waals surface area contributed by atoms with Gasteiger partial charge in [0.25, 0.3) is 0 Å². The van der Waals surface area contributed by atoms with Crippen molar-refractivity contribution in [1.29, 1.82) is 0 Å². The maximum absolute atomic E-state index is 13.1. The number of ether oxygens (including phenoxy) is 1. The molecule has 0 spiro atoms. The van der Waals surface area contributed by atoms with Gasteiger partial charge in [-0.2, -0.15) is 18.3 Å². The van der Waals surface area contributed by atoms with E-state index in [1.807, 2.05) is 31.2 Å². The summed E-state index contributed by atoms with van der Waals surface area (Å²) in [4.78, 5) is 17.1. The van der Waals surface area contributed by atoms with Crippen molar-refractivity contribution >= 4 is 22.7 Å². The minimum atomic E-state index is -4.44. The number of nitrogens with zero attached hydrogens (tertiary/aromatic N) is 3. The summed E-state index contributed by atoms with van der Waals surface area (Å²) in [7, 11) is 0. The maximum atomic E-state index is 13.1. The first kappa shape index (κ1) is 23.3. The number of esters is 1. The number of pyridine rings is 1. The van der Waals surface area contributed by atoms with Gasteiger partial charge in [-0.15, -0.1) is 0 Å². The molecule has 2 aromatic heterocycles. The molecule has 0 saturated carbocycles. The van der Waals surface area contributed by atoms with Crippen molar-refractivity contribution in [3.63, 3.8) is 0 Å². The molecule has 0 unspecified atom stereocenters. The number of hydrogen-bond acceptors (Lipinski definition) is 5. The summed E-state index contributed by atoms with van der Waals surface area (Å²) in [5.41, 5.74) is 3.30. The fourth-order valence-electron chi connectivity index (χ4n) is 3.71. The van der Waals surface area contributed by atoms with Gasteiger partial charge in [0.2, 0.25) is 0 Å². The van der Waals surface area contributed by atoms with Crippen LogP contribution in [-0.2, 0) is 17.5 Å². The summed E-state index contributed by atoms with van der Waals surface area (Å²) >= 11 is 0. The molecule has 0 fully saturated rings. The smallest absolute Gasteiger partial charge is 0.416 e. The van der Waals surface area contributed by atoms with Gasteiger partial charge >= 0.3 is 12.1 Å². The molecule has 0 atom stereocenters. The molecule has 0 bridgehead atoms. The Balaban J connectivity index is 1.80. The first-order valence-corrected chi connectivity index (χ1v) is 10.7. The van der Waals surface area contributed by atoms with E-state index in [1.165, 1.54) is 12.3 Å². The van der Waals surface area contributed by atoms with Gasteiger partial charge in [0, 0.05) is 12.7 Å². The average Bonchev–Trinajstić information content (AvgIpc) is 3.14. The van der Waals surface area contributed by atoms with E-state index < -0.39 is 17.7 Å². The van der Waals surface area contributed by atoms with Crippen LogP contribution < -0.4 is 5.32 Å². The molecule has 4 aromatic rings. The van der Waals surface area contributed by atoms with Gasteiger partial charge in [0.1, 0.15) is 5.56 Å². The van der Waals surface area contributed by atoms with Crippen LogP contribution >= 0.6 is 0 Å². The summed E-state index contributed by atoms with van der Waals surface area (Å²) in [6.45, 7) is 5.70. The van der Waals surface area contributed by atoms with Crippen LogP contribution in [0.5, 0.6) is 0 Å². The number of aryl methyl sites for hydroxylation is 2. The summed E-state index contributed by atoms with van der Waals surface area (Å²) < 4.78 is 46.3. The van der Waals surface area contributed by atoms with E-state index in [0.717, 1.165) is 23.4 Å². The number of rotatable bonds is 6. The first-order valence-electron chi connectivity index (χ1n) is 10.7. The third-order valence-electron chi connectivity index (χ3n) is 5.37. The Bertz CT molecular complexity index is 1350. The molecule has 176 valence electrons. The molecule has 0 amide bonds. The van der Waals surface area contributed by atoms with E-state index in [4.69, 9.17) is 4.74 Å². The Kier molecular flexibility index (Phi) is 6.28. The van der Waals surface area contributed by atoms with Crippen LogP contribution in [0.3, 0.4) is 0 Å². The predicted octanol–water partition coefficient (Wildman–Crippen LogP) is 5.84. The van der Waals surface area contributed by atoms with Crippen LogP contribution in [0.25, 0.3) is 16.7 Å². The lowest BCUT2D eigenvalue weighted by Gasteiger charge is -2.14. The van der Waals surface area contributed by atoms with Crippen molar-refractivity contribution in [1.82, 2.24) is 14.8 Å². The van der Waals surface area contributed by atoms with Gasteiger partial charge in [-0.05, 0) is 50.6 Å². The minimum Gasteiger partial charge on any atom is -0.462 e. The highest BCUT2D eigenvalue weighted by atomic mass is 19.4. The van der Waals surface area contributed by atoms with Crippen LogP contribution in [0.15, 0.2) is 54.7 Å². The van der Waals surface area contributed by atoms with Crippen LogP contribution in [-0.4, -0.2) is 27.3 Å². The van der Waals surface area contributed by atoms with Crippen molar-refractivity contribution in [2.45, 2.75) is 33.5 Å². The van der Waals surface area contributed by atoms with Gasteiger partial charge < -0.3 is 10.1 Å². The van der Waals surface area contributed by atoms with Crippen LogP contribution in [0, 0.1) is 13.8 Å². The number of hydrogen-bond donors (Lipinski definition) is 1. The second-order valence-electron chi connectivity index (χ2n) is 7.85. The quantitative estimate of drug-likeness (QED) is 0.360. The average molecular weight is 468 g/mol. The van der Waals surface area contributed by atoms with Gasteiger partial charge in [-0.3, -0.25) is 0 Å². The van der Waals surface area contributed by atoms with Crippen molar-refractivity contribution in [2.75, 3.05) is 11.9 Å². The Morgan fingerprint density at radius 1 is 1.12 bits per heavy atom. The monoisotopic (exact) mass is 468 g/mol. The van der Waals surface area contributed by atoms with Gasteiger partial charge in [0.05, 0.1) is 34.6 Å². The fraction of sp³-hybridized carbons (Fsp3) is 0.240. The molecule has 6 nitrogen and oxygen atoms in total. The van der Waals surface area contributed by atoms with Crippen molar-refractivity contribution in [3.8, 4) is 5.69 Å². The van der Waals surface area contributed by atoms with Gasteiger partial charge in [0.15, 0.2) is 5.65 Å². The van der Waals surface area contributed by atoms with Crippen LogP contribution in [0.4, 0.5) is 18.9 Å². The summed E-state index contributed by atoms with van der Waals surface area (Å²) in [6.07, 6.45) is -3.04. The summed E-state index contributed by atoms with van der Waals surface area (Å²) in [6, 6.07) is 12.8. The zero-order valence-corrected chi connectivity index (χ0v) is 18.9. The molecule has 2 heterocycles. The van der Waals surface area contributed by atoms with E-state index in [1.54, 1.807) is 24.6 Å². The number of halogens is 3. The maximum Gasteiger partial charge on any atom is 0.416 e. The molecule has 1 N–H and O–H groups in total. The van der Waals surface area contributed by atoms with Crippen molar-refractivity contribution in [2.24, 2.45) is 0 Å². The third kappa shape index (κ3) is 4.59. The Morgan fingerprint density at radius 2 is 1.85 bits per heavy atom. The standard InChI is InChI=1S/C25H23F3N4O2/c1-4-34-24(33)20-14-30-23-21(16(3)31-32(23)19-10-8-15(2)9-11-19)22(20)29-13-17-6-5-7-18(12-17)25(26,27)28/h5-12,14H,4,13H2,1-3H3,(H,29,30). The highest BCUT2D eigenvalue weighted by molar-refractivity contribution is 6.05. The highest BCUT2D eigenvalue weighted by Crippen LogP contribution is 2.33. The lowest BCUT2D eigenvalue weighted by Crippen LogP contribution is -2.12. The van der Waals surface area contributed by atoms with Crippen LogP contribution in [0.2, 0.25) is 0 Å². The molecule has 0 aliphatic carbocycles. The highest BCUT2D eigenvalue weighted by Gasteiger charge is 2.30. The molecule has 0 radical (unpaired) electrons. The molecule has 9 heteroatoms. The number of anilines is 1. The zero-order valence-electron chi connectivity index (χ0n) is 18.9. The lowest BCUT2D eigenvalue weighted by molar-refractivity contribution is -0.137. The number of nitrogens with one attached hydrogen (secondary N) is 1. The molecule has 4 rings (SSSR count). The SMILES string of the molecule is CCOC(=O)c1cnc2c(c(C)nn2-c2ccc(C)cc2)c1NCc1cccc(C(F)(F)F)c1. The Hall–Kier alpha value is -3.88. The molecule has 0 aliphatic rings. The first-order chi connectivity index (χ1) is 16.2. The van der Waals surface area contributed by atoms with E-state index in [9.17, 15) is 18.0 Å². The van der Waals surface area contributed by atoms with E-state index in [0.29, 0.717) is 28.0 Å². The number of benzene rings is 2. The Morgan fingerprint density at radius 3 is 2.53 bits per heavy atom. The summed E-state index contributed by atoms with van der Waals surface area (Å²) in [5.74, 6) is -0.578. The minimum absolute atomic E-state index is 0.0601. The zero-order chi connectivity index (χ0) is 24.5.